The summed E-state index contributed by atoms with van der Waals surface area (Å²) in [5.74, 6) is 1.04. The van der Waals surface area contributed by atoms with Crippen LogP contribution in [0, 0.1) is 39.5 Å². The molecule has 0 bridgehead atoms. The van der Waals surface area contributed by atoms with Gasteiger partial charge < -0.3 is 0 Å². The summed E-state index contributed by atoms with van der Waals surface area (Å²) in [5, 5.41) is 3.82. The zero-order chi connectivity index (χ0) is 32.9. The minimum absolute atomic E-state index is 0.214. The number of thiophene rings is 3. The van der Waals surface area contributed by atoms with Gasteiger partial charge in [0.1, 0.15) is 8.07 Å². The Morgan fingerprint density at radius 3 is 1.87 bits per heavy atom. The zero-order valence-electron chi connectivity index (χ0n) is 28.7. The number of amides is 2. The molecule has 2 aliphatic rings. The normalized spacial score (nSPS) is 18.4. The molecule has 2 amide bonds. The molecule has 0 saturated heterocycles. The standard InChI is InChI=1S/C37H48N2O2S4Si/c1-9-13-15-25(11-3)19-46(20-26(12-4)16-14-10-2)28-17-21(5)42-33(28)34-29(46)18-27(45-34)32-31-30(24(8)43-32)35(40)39(36(31)41)37-38-22(6)23(7)44-37/h17-18,25-26H,9-16,19-20H2,1-8H3. The van der Waals surface area contributed by atoms with Gasteiger partial charge in [0, 0.05) is 29.3 Å². The van der Waals surface area contributed by atoms with E-state index in [1.807, 2.05) is 43.4 Å². The Morgan fingerprint density at radius 1 is 0.717 bits per heavy atom. The topological polar surface area (TPSA) is 50.3 Å². The van der Waals surface area contributed by atoms with Crippen LogP contribution in [0.3, 0.4) is 0 Å². The number of fused-ring (bicyclic) bond motifs is 4. The highest BCUT2D eigenvalue weighted by Crippen LogP contribution is 2.50. The Bertz CT molecular complexity index is 1740. The van der Waals surface area contributed by atoms with E-state index in [4.69, 9.17) is 0 Å². The van der Waals surface area contributed by atoms with Crippen LogP contribution in [0.5, 0.6) is 0 Å². The highest BCUT2D eigenvalue weighted by Gasteiger charge is 2.50. The quantitative estimate of drug-likeness (QED) is 0.0968. The number of aryl methyl sites for hydroxylation is 4. The Balaban J connectivity index is 1.49. The van der Waals surface area contributed by atoms with E-state index < -0.39 is 8.07 Å². The summed E-state index contributed by atoms with van der Waals surface area (Å²) in [6.45, 7) is 17.7. The molecule has 46 heavy (non-hydrogen) atoms. The SMILES string of the molecule is CCCCC(CC)C[Si]1(CC(CC)CCCC)c2cc(C)sc2-c2sc(-c3sc(C)c4c3C(=O)N(c3nc(C)c(C)s3)C4=O)cc21. The van der Waals surface area contributed by atoms with E-state index in [2.05, 4.69) is 51.7 Å². The van der Waals surface area contributed by atoms with E-state index in [0.717, 1.165) is 32.2 Å². The average Bonchev–Trinajstić information content (AvgIpc) is 3.85. The Hall–Kier alpha value is -1.91. The van der Waals surface area contributed by atoms with Crippen LogP contribution >= 0.6 is 45.3 Å². The Labute approximate surface area is 292 Å². The van der Waals surface area contributed by atoms with Crippen LogP contribution < -0.4 is 15.3 Å². The maximum atomic E-state index is 14.1. The summed E-state index contributed by atoms with van der Waals surface area (Å²) < 4.78 is 0. The molecule has 0 aliphatic carbocycles. The monoisotopic (exact) mass is 708 g/mol. The van der Waals surface area contributed by atoms with Gasteiger partial charge in [0.15, 0.2) is 5.13 Å². The second kappa shape index (κ2) is 13.5. The lowest BCUT2D eigenvalue weighted by atomic mass is 10.0. The van der Waals surface area contributed by atoms with Gasteiger partial charge in [-0.1, -0.05) is 79.1 Å². The highest BCUT2D eigenvalue weighted by molar-refractivity contribution is 7.32. The van der Waals surface area contributed by atoms with Crippen molar-refractivity contribution in [3.63, 3.8) is 0 Å². The number of anilines is 1. The molecule has 246 valence electrons. The van der Waals surface area contributed by atoms with E-state index in [0.29, 0.717) is 16.3 Å². The third kappa shape index (κ3) is 5.66. The first kappa shape index (κ1) is 34.0. The van der Waals surface area contributed by atoms with Crippen molar-refractivity contribution in [1.82, 2.24) is 4.98 Å². The lowest BCUT2D eigenvalue weighted by Crippen LogP contribution is -2.56. The molecule has 2 aliphatic heterocycles. The minimum Gasteiger partial charge on any atom is -0.268 e. The van der Waals surface area contributed by atoms with Crippen molar-refractivity contribution in [2.24, 2.45) is 11.8 Å². The number of nitrogens with zero attached hydrogens (tertiary/aromatic N) is 2. The first-order valence-corrected chi connectivity index (χ1v) is 23.0. The molecule has 0 aromatic carbocycles. The Kier molecular flexibility index (Phi) is 10.00. The van der Waals surface area contributed by atoms with Gasteiger partial charge >= 0.3 is 0 Å². The van der Waals surface area contributed by atoms with Gasteiger partial charge in [-0.3, -0.25) is 9.59 Å². The molecule has 0 fully saturated rings. The number of carbonyl (C=O) groups excluding carboxylic acids is 2. The first-order chi connectivity index (χ1) is 22.1. The van der Waals surface area contributed by atoms with Crippen molar-refractivity contribution in [3.8, 4) is 19.5 Å². The maximum absolute atomic E-state index is 14.1. The molecule has 6 rings (SSSR count). The van der Waals surface area contributed by atoms with Gasteiger partial charge in [-0.25, -0.2) is 9.88 Å². The molecule has 4 nitrogen and oxygen atoms in total. The van der Waals surface area contributed by atoms with Gasteiger partial charge in [0.25, 0.3) is 11.8 Å². The predicted octanol–water partition coefficient (Wildman–Crippen LogP) is 11.0. The first-order valence-electron chi connectivity index (χ1n) is 17.3. The molecule has 4 aromatic rings. The van der Waals surface area contributed by atoms with E-state index in [9.17, 15) is 9.59 Å². The van der Waals surface area contributed by atoms with Crippen molar-refractivity contribution in [2.75, 3.05) is 4.90 Å². The van der Waals surface area contributed by atoms with Crippen molar-refractivity contribution >= 4 is 80.7 Å². The van der Waals surface area contributed by atoms with Crippen LogP contribution in [0.1, 0.15) is 120 Å². The number of imide groups is 1. The second-order valence-electron chi connectivity index (χ2n) is 13.6. The van der Waals surface area contributed by atoms with E-state index >= 15 is 0 Å². The van der Waals surface area contributed by atoms with Crippen LogP contribution in [0.2, 0.25) is 12.1 Å². The summed E-state index contributed by atoms with van der Waals surface area (Å²) in [6, 6.07) is 7.74. The largest absolute Gasteiger partial charge is 0.269 e. The lowest BCUT2D eigenvalue weighted by molar-refractivity contribution is 0.0926. The number of hydrogen-bond acceptors (Lipinski definition) is 7. The summed E-state index contributed by atoms with van der Waals surface area (Å²) in [5.41, 5.74) is 2.05. The molecule has 2 unspecified atom stereocenters. The number of unbranched alkanes of at least 4 members (excludes halogenated alkanes) is 2. The third-order valence-electron chi connectivity index (χ3n) is 10.5. The summed E-state index contributed by atoms with van der Waals surface area (Å²) in [7, 11) is -2.10. The third-order valence-corrected chi connectivity index (χ3v) is 21.0. The van der Waals surface area contributed by atoms with Crippen LogP contribution in [0.15, 0.2) is 12.1 Å². The second-order valence-corrected chi connectivity index (χ2v) is 22.4. The number of rotatable bonds is 14. The Morgan fingerprint density at radius 2 is 1.30 bits per heavy atom. The van der Waals surface area contributed by atoms with Crippen molar-refractivity contribution in [2.45, 2.75) is 119 Å². The minimum atomic E-state index is -2.10. The maximum Gasteiger partial charge on any atom is 0.269 e. The lowest BCUT2D eigenvalue weighted by Gasteiger charge is -2.35. The van der Waals surface area contributed by atoms with Crippen LogP contribution in [0.4, 0.5) is 5.13 Å². The molecule has 0 spiro atoms. The fourth-order valence-corrected chi connectivity index (χ4v) is 20.3. The van der Waals surface area contributed by atoms with Crippen LogP contribution in [-0.4, -0.2) is 24.9 Å². The van der Waals surface area contributed by atoms with Gasteiger partial charge in [0.05, 0.1) is 21.7 Å². The van der Waals surface area contributed by atoms with E-state index in [1.165, 1.54) is 99.2 Å². The number of carbonyl (C=O) groups is 2. The molecular weight excluding hydrogens is 661 g/mol. The highest BCUT2D eigenvalue weighted by atomic mass is 32.1. The summed E-state index contributed by atoms with van der Waals surface area (Å²) >= 11 is 6.92. The molecule has 0 saturated carbocycles. The van der Waals surface area contributed by atoms with E-state index in [-0.39, 0.29) is 11.8 Å². The van der Waals surface area contributed by atoms with Crippen LogP contribution in [0.25, 0.3) is 19.5 Å². The van der Waals surface area contributed by atoms with Crippen LogP contribution in [-0.2, 0) is 0 Å². The summed E-state index contributed by atoms with van der Waals surface area (Å²) in [6.07, 6.45) is 10.2. The number of thiazole rings is 1. The molecule has 2 atom stereocenters. The molecule has 6 heterocycles. The summed E-state index contributed by atoms with van der Waals surface area (Å²) in [4.78, 5) is 42.3. The van der Waals surface area contributed by atoms with Gasteiger partial charge in [-0.2, -0.15) is 0 Å². The molecule has 9 heteroatoms. The van der Waals surface area contributed by atoms with Gasteiger partial charge in [-0.05, 0) is 74.1 Å². The van der Waals surface area contributed by atoms with E-state index in [1.54, 1.807) is 21.7 Å². The van der Waals surface area contributed by atoms with Gasteiger partial charge in [0.2, 0.25) is 0 Å². The molecular formula is C37H48N2O2S4Si. The fraction of sp³-hybridized carbons (Fsp3) is 0.541. The molecule has 0 radical (unpaired) electrons. The number of aromatic nitrogens is 1. The number of hydrogen-bond donors (Lipinski definition) is 0. The average molecular weight is 709 g/mol. The van der Waals surface area contributed by atoms with Crippen molar-refractivity contribution < 1.29 is 9.59 Å². The zero-order valence-corrected chi connectivity index (χ0v) is 33.0. The molecule has 4 aromatic heterocycles. The fourth-order valence-electron chi connectivity index (χ4n) is 7.83. The van der Waals surface area contributed by atoms with Crippen molar-refractivity contribution in [1.29, 1.82) is 0 Å². The predicted molar refractivity (Wildman–Crippen MR) is 204 cm³/mol. The molecule has 0 N–H and O–H groups in total. The van der Waals surface area contributed by atoms with Gasteiger partial charge in [-0.15, -0.1) is 45.3 Å². The van der Waals surface area contributed by atoms with Crippen molar-refractivity contribution in [3.05, 3.63) is 43.6 Å². The smallest absolute Gasteiger partial charge is 0.268 e.